The standard InChI is InChI=1S/C14H21Br/c1-5-10(2)9-14(15)13-8-11(3)6-7-12(13)4/h6-8,10,14H,5,9H2,1-4H3. The fourth-order valence-electron chi connectivity index (χ4n) is 1.74. The number of aryl methyl sites for hydroxylation is 2. The molecule has 0 aromatic heterocycles. The maximum atomic E-state index is 3.81. The van der Waals surface area contributed by atoms with Crippen molar-refractivity contribution in [3.05, 3.63) is 34.9 Å². The van der Waals surface area contributed by atoms with Gasteiger partial charge in [0.05, 0.1) is 0 Å². The largest absolute Gasteiger partial charge is 0.0839 e. The summed E-state index contributed by atoms with van der Waals surface area (Å²) in [6, 6.07) is 6.70. The molecular weight excluding hydrogens is 248 g/mol. The van der Waals surface area contributed by atoms with Gasteiger partial charge in [0.2, 0.25) is 0 Å². The van der Waals surface area contributed by atoms with Crippen molar-refractivity contribution in [2.75, 3.05) is 0 Å². The number of rotatable bonds is 4. The first kappa shape index (κ1) is 12.8. The summed E-state index contributed by atoms with van der Waals surface area (Å²) >= 11 is 3.81. The summed E-state index contributed by atoms with van der Waals surface area (Å²) < 4.78 is 0. The minimum Gasteiger partial charge on any atom is -0.0839 e. The van der Waals surface area contributed by atoms with E-state index in [0.717, 1.165) is 5.92 Å². The van der Waals surface area contributed by atoms with Crippen molar-refractivity contribution in [3.8, 4) is 0 Å². The predicted octanol–water partition coefficient (Wildman–Crippen LogP) is 5.18. The second-order valence-corrected chi connectivity index (χ2v) is 5.68. The molecule has 0 amide bonds. The monoisotopic (exact) mass is 268 g/mol. The van der Waals surface area contributed by atoms with E-state index in [9.17, 15) is 0 Å². The molecule has 0 saturated carbocycles. The fraction of sp³-hybridized carbons (Fsp3) is 0.571. The third-order valence-electron chi connectivity index (χ3n) is 3.08. The van der Waals surface area contributed by atoms with E-state index in [1.165, 1.54) is 29.5 Å². The van der Waals surface area contributed by atoms with Gasteiger partial charge in [0.1, 0.15) is 0 Å². The summed E-state index contributed by atoms with van der Waals surface area (Å²) in [5.74, 6) is 0.786. The molecule has 1 aromatic rings. The molecule has 0 N–H and O–H groups in total. The van der Waals surface area contributed by atoms with Crippen LogP contribution in [-0.2, 0) is 0 Å². The van der Waals surface area contributed by atoms with Crippen LogP contribution in [0.2, 0.25) is 0 Å². The Bertz CT molecular complexity index is 317. The van der Waals surface area contributed by atoms with E-state index < -0.39 is 0 Å². The van der Waals surface area contributed by atoms with Gasteiger partial charge in [-0.1, -0.05) is 60.0 Å². The SMILES string of the molecule is CCC(C)CC(Br)c1cc(C)ccc1C. The zero-order valence-electron chi connectivity index (χ0n) is 10.2. The zero-order valence-corrected chi connectivity index (χ0v) is 11.8. The number of hydrogen-bond donors (Lipinski definition) is 0. The molecule has 2 atom stereocenters. The van der Waals surface area contributed by atoms with E-state index in [1.54, 1.807) is 0 Å². The van der Waals surface area contributed by atoms with Crippen molar-refractivity contribution in [3.63, 3.8) is 0 Å². The molecule has 0 heterocycles. The smallest absolute Gasteiger partial charge is 0.0400 e. The van der Waals surface area contributed by atoms with Crippen LogP contribution in [0.3, 0.4) is 0 Å². The first-order valence-corrected chi connectivity index (χ1v) is 6.67. The van der Waals surface area contributed by atoms with Gasteiger partial charge in [0.15, 0.2) is 0 Å². The first-order chi connectivity index (χ1) is 7.04. The van der Waals surface area contributed by atoms with E-state index in [2.05, 4.69) is 61.8 Å². The van der Waals surface area contributed by atoms with Crippen molar-refractivity contribution < 1.29 is 0 Å². The van der Waals surface area contributed by atoms with Crippen LogP contribution in [0.25, 0.3) is 0 Å². The zero-order chi connectivity index (χ0) is 11.4. The Kier molecular flexibility index (Phi) is 4.85. The molecule has 0 bridgehead atoms. The average Bonchev–Trinajstić information content (AvgIpc) is 2.21. The Morgan fingerprint density at radius 3 is 2.53 bits per heavy atom. The summed E-state index contributed by atoms with van der Waals surface area (Å²) in [5, 5.41) is 0. The van der Waals surface area contributed by atoms with Crippen LogP contribution >= 0.6 is 15.9 Å². The quantitative estimate of drug-likeness (QED) is 0.661. The van der Waals surface area contributed by atoms with E-state index in [1.807, 2.05) is 0 Å². The molecule has 0 radical (unpaired) electrons. The van der Waals surface area contributed by atoms with E-state index in [4.69, 9.17) is 0 Å². The fourth-order valence-corrected chi connectivity index (χ4v) is 2.88. The Morgan fingerprint density at radius 2 is 1.93 bits per heavy atom. The summed E-state index contributed by atoms with van der Waals surface area (Å²) in [6.45, 7) is 8.93. The maximum Gasteiger partial charge on any atom is 0.0400 e. The summed E-state index contributed by atoms with van der Waals surface area (Å²) in [4.78, 5) is 0.507. The number of alkyl halides is 1. The lowest BCUT2D eigenvalue weighted by Gasteiger charge is -2.17. The Labute approximate surface area is 102 Å². The molecule has 2 unspecified atom stereocenters. The van der Waals surface area contributed by atoms with Crippen molar-refractivity contribution in [1.82, 2.24) is 0 Å². The number of halogens is 1. The van der Waals surface area contributed by atoms with E-state index in [0.29, 0.717) is 4.83 Å². The van der Waals surface area contributed by atoms with Gasteiger partial charge in [-0.05, 0) is 37.3 Å². The highest BCUT2D eigenvalue weighted by Gasteiger charge is 2.13. The number of hydrogen-bond acceptors (Lipinski definition) is 0. The maximum absolute atomic E-state index is 3.81. The summed E-state index contributed by atoms with van der Waals surface area (Å²) in [6.07, 6.45) is 2.48. The first-order valence-electron chi connectivity index (χ1n) is 5.75. The minimum atomic E-state index is 0.507. The lowest BCUT2D eigenvalue weighted by atomic mass is 9.95. The highest BCUT2D eigenvalue weighted by Crippen LogP contribution is 2.33. The molecule has 0 spiro atoms. The molecule has 0 aliphatic carbocycles. The molecule has 15 heavy (non-hydrogen) atoms. The van der Waals surface area contributed by atoms with E-state index in [-0.39, 0.29) is 0 Å². The number of benzene rings is 1. The molecule has 84 valence electrons. The molecule has 0 fully saturated rings. The van der Waals surface area contributed by atoms with Crippen LogP contribution < -0.4 is 0 Å². The second kappa shape index (κ2) is 5.69. The third-order valence-corrected chi connectivity index (χ3v) is 3.95. The van der Waals surface area contributed by atoms with Crippen molar-refractivity contribution in [1.29, 1.82) is 0 Å². The molecule has 0 nitrogen and oxygen atoms in total. The van der Waals surface area contributed by atoms with Crippen LogP contribution in [0.5, 0.6) is 0 Å². The highest BCUT2D eigenvalue weighted by atomic mass is 79.9. The Hall–Kier alpha value is -0.300. The van der Waals surface area contributed by atoms with Crippen LogP contribution in [0, 0.1) is 19.8 Å². The summed E-state index contributed by atoms with van der Waals surface area (Å²) in [5.41, 5.74) is 4.20. The lowest BCUT2D eigenvalue weighted by molar-refractivity contribution is 0.514. The molecule has 1 rings (SSSR count). The van der Waals surface area contributed by atoms with Crippen LogP contribution in [0.4, 0.5) is 0 Å². The van der Waals surface area contributed by atoms with Gasteiger partial charge in [-0.2, -0.15) is 0 Å². The molecule has 0 aliphatic rings. The summed E-state index contributed by atoms with van der Waals surface area (Å²) in [7, 11) is 0. The van der Waals surface area contributed by atoms with Crippen LogP contribution in [0.1, 0.15) is 48.2 Å². The van der Waals surface area contributed by atoms with Crippen molar-refractivity contribution >= 4 is 15.9 Å². The topological polar surface area (TPSA) is 0 Å². The minimum absolute atomic E-state index is 0.507. The average molecular weight is 269 g/mol. The van der Waals surface area contributed by atoms with Crippen molar-refractivity contribution in [2.45, 2.75) is 45.4 Å². The van der Waals surface area contributed by atoms with Gasteiger partial charge in [-0.15, -0.1) is 0 Å². The molecule has 1 heteroatoms. The van der Waals surface area contributed by atoms with Gasteiger partial charge >= 0.3 is 0 Å². The van der Waals surface area contributed by atoms with Crippen molar-refractivity contribution in [2.24, 2.45) is 5.92 Å². The molecule has 0 aliphatic heterocycles. The Balaban J connectivity index is 2.80. The predicted molar refractivity (Wildman–Crippen MR) is 71.7 cm³/mol. The molecule has 0 saturated heterocycles. The molecule has 1 aromatic carbocycles. The Morgan fingerprint density at radius 1 is 1.27 bits per heavy atom. The van der Waals surface area contributed by atoms with Gasteiger partial charge in [0.25, 0.3) is 0 Å². The normalized spacial score (nSPS) is 15.0. The third kappa shape index (κ3) is 3.64. The van der Waals surface area contributed by atoms with Crippen LogP contribution in [-0.4, -0.2) is 0 Å². The highest BCUT2D eigenvalue weighted by molar-refractivity contribution is 9.09. The van der Waals surface area contributed by atoms with Gasteiger partial charge in [-0.25, -0.2) is 0 Å². The van der Waals surface area contributed by atoms with E-state index >= 15 is 0 Å². The van der Waals surface area contributed by atoms with Gasteiger partial charge in [-0.3, -0.25) is 0 Å². The van der Waals surface area contributed by atoms with Crippen LogP contribution in [0.15, 0.2) is 18.2 Å². The molecular formula is C14H21Br. The second-order valence-electron chi connectivity index (χ2n) is 4.58. The van der Waals surface area contributed by atoms with Gasteiger partial charge in [0, 0.05) is 4.83 Å². The van der Waals surface area contributed by atoms with Gasteiger partial charge < -0.3 is 0 Å². The lowest BCUT2D eigenvalue weighted by Crippen LogP contribution is -2.00.